The number of hydrogen-bond acceptors (Lipinski definition) is 3. The van der Waals surface area contributed by atoms with Crippen LogP contribution in [0.2, 0.25) is 0 Å². The summed E-state index contributed by atoms with van der Waals surface area (Å²) in [5.41, 5.74) is 3.74. The first-order valence-electron chi connectivity index (χ1n) is 11.9. The van der Waals surface area contributed by atoms with Crippen LogP contribution in [0.3, 0.4) is 0 Å². The maximum Gasteiger partial charge on any atom is 0.304 e. The van der Waals surface area contributed by atoms with E-state index in [1.165, 1.54) is 48.8 Å². The minimum Gasteiger partial charge on any atom is -0.482 e. The quantitative estimate of drug-likeness (QED) is 0.587. The van der Waals surface area contributed by atoms with Crippen LogP contribution in [0, 0.1) is 5.92 Å². The average molecular weight is 422 g/mol. The second-order valence-corrected chi connectivity index (χ2v) is 9.15. The predicted molar refractivity (Wildman–Crippen MR) is 123 cm³/mol. The van der Waals surface area contributed by atoms with Crippen molar-refractivity contribution in [2.24, 2.45) is 5.92 Å². The van der Waals surface area contributed by atoms with Crippen molar-refractivity contribution in [3.8, 4) is 5.75 Å². The molecule has 2 aromatic rings. The molecule has 0 radical (unpaired) electrons. The van der Waals surface area contributed by atoms with Gasteiger partial charge in [-0.05, 0) is 54.5 Å². The Morgan fingerprint density at radius 3 is 2.58 bits per heavy atom. The van der Waals surface area contributed by atoms with Crippen LogP contribution in [0.1, 0.15) is 68.6 Å². The van der Waals surface area contributed by atoms with Crippen LogP contribution in [-0.2, 0) is 23.4 Å². The van der Waals surface area contributed by atoms with Crippen LogP contribution in [-0.4, -0.2) is 29.1 Å². The Hall–Kier alpha value is -2.33. The van der Waals surface area contributed by atoms with Gasteiger partial charge in [-0.1, -0.05) is 62.6 Å². The van der Waals surface area contributed by atoms with Gasteiger partial charge in [0.15, 0.2) is 0 Å². The molecule has 4 heteroatoms. The third-order valence-electron chi connectivity index (χ3n) is 7.26. The van der Waals surface area contributed by atoms with E-state index in [0.717, 1.165) is 31.7 Å². The van der Waals surface area contributed by atoms with Crippen LogP contribution >= 0.6 is 0 Å². The number of aliphatic carboxylic acids is 1. The molecule has 1 fully saturated rings. The second kappa shape index (κ2) is 9.86. The molecule has 0 saturated heterocycles. The molecule has 4 nitrogen and oxygen atoms in total. The van der Waals surface area contributed by atoms with Crippen LogP contribution in [0.25, 0.3) is 0 Å². The molecule has 1 aliphatic heterocycles. The highest BCUT2D eigenvalue weighted by atomic mass is 16.5. The molecule has 1 unspecified atom stereocenters. The van der Waals surface area contributed by atoms with E-state index in [2.05, 4.69) is 54.3 Å². The van der Waals surface area contributed by atoms with E-state index in [-0.39, 0.29) is 12.0 Å². The van der Waals surface area contributed by atoms with E-state index in [0.29, 0.717) is 12.5 Å². The molecule has 1 aliphatic carbocycles. The molecule has 4 rings (SSSR count). The van der Waals surface area contributed by atoms with Gasteiger partial charge in [0.1, 0.15) is 11.4 Å². The summed E-state index contributed by atoms with van der Waals surface area (Å²) >= 11 is 0. The molecule has 166 valence electrons. The fraction of sp³-hybridized carbons (Fsp3) is 0.519. The highest BCUT2D eigenvalue weighted by Crippen LogP contribution is 2.45. The van der Waals surface area contributed by atoms with Crippen molar-refractivity contribution in [2.75, 3.05) is 13.1 Å². The Balaban J connectivity index is 1.63. The van der Waals surface area contributed by atoms with Gasteiger partial charge in [-0.3, -0.25) is 9.69 Å². The van der Waals surface area contributed by atoms with Gasteiger partial charge >= 0.3 is 5.97 Å². The first-order chi connectivity index (χ1) is 15.1. The SMILES string of the molecule is CCC(Oc1ccccc1)(c1ccc2c(c1)CCN(CCC(=O)O)C2)C1CCCCC1. The lowest BCUT2D eigenvalue weighted by atomic mass is 9.71. The van der Waals surface area contributed by atoms with E-state index in [1.807, 2.05) is 6.07 Å². The van der Waals surface area contributed by atoms with Crippen molar-refractivity contribution in [2.45, 2.75) is 70.4 Å². The zero-order valence-corrected chi connectivity index (χ0v) is 18.7. The van der Waals surface area contributed by atoms with Crippen LogP contribution in [0.4, 0.5) is 0 Å². The lowest BCUT2D eigenvalue weighted by Crippen LogP contribution is -2.42. The van der Waals surface area contributed by atoms with E-state index >= 15 is 0 Å². The Labute approximate surface area is 186 Å². The maximum atomic E-state index is 10.9. The summed E-state index contributed by atoms with van der Waals surface area (Å²) in [5.74, 6) is 0.757. The standard InChI is InChI=1S/C27H35NO3/c1-2-27(23-9-5-3-6-10-23,31-25-11-7-4-8-12-25)24-14-13-22-20-28(18-16-26(29)30)17-15-21(22)19-24/h4,7-8,11-14,19,23H,2-3,5-6,9-10,15-18,20H2,1H3,(H,29,30). The summed E-state index contributed by atoms with van der Waals surface area (Å²) in [4.78, 5) is 13.2. The van der Waals surface area contributed by atoms with E-state index in [4.69, 9.17) is 9.84 Å². The van der Waals surface area contributed by atoms with E-state index < -0.39 is 5.97 Å². The molecule has 1 heterocycles. The number of carbonyl (C=O) groups is 1. The molecule has 0 amide bonds. The Morgan fingerprint density at radius 2 is 1.87 bits per heavy atom. The molecule has 0 aromatic heterocycles. The molecule has 1 N–H and O–H groups in total. The number of para-hydroxylation sites is 1. The van der Waals surface area contributed by atoms with Crippen molar-refractivity contribution in [3.63, 3.8) is 0 Å². The molecule has 2 aromatic carbocycles. The molecule has 2 aliphatic rings. The largest absolute Gasteiger partial charge is 0.482 e. The van der Waals surface area contributed by atoms with Crippen LogP contribution < -0.4 is 4.74 Å². The summed E-state index contributed by atoms with van der Waals surface area (Å²) in [6, 6.07) is 17.2. The smallest absolute Gasteiger partial charge is 0.304 e. The Kier molecular flexibility index (Phi) is 6.96. The highest BCUT2D eigenvalue weighted by Gasteiger charge is 2.42. The number of hydrogen-bond donors (Lipinski definition) is 1. The number of nitrogens with zero attached hydrogens (tertiary/aromatic N) is 1. The first-order valence-corrected chi connectivity index (χ1v) is 11.9. The fourth-order valence-corrected chi connectivity index (χ4v) is 5.53. The molecular formula is C27H35NO3. The van der Waals surface area contributed by atoms with Gasteiger partial charge in [0.2, 0.25) is 0 Å². The van der Waals surface area contributed by atoms with Crippen molar-refractivity contribution in [1.29, 1.82) is 0 Å². The van der Waals surface area contributed by atoms with Crippen molar-refractivity contribution >= 4 is 5.97 Å². The van der Waals surface area contributed by atoms with Gasteiger partial charge in [-0.2, -0.15) is 0 Å². The van der Waals surface area contributed by atoms with Gasteiger partial charge in [-0.25, -0.2) is 0 Å². The average Bonchev–Trinajstić information content (AvgIpc) is 2.82. The summed E-state index contributed by atoms with van der Waals surface area (Å²) in [7, 11) is 0. The molecule has 0 bridgehead atoms. The zero-order valence-electron chi connectivity index (χ0n) is 18.7. The minimum absolute atomic E-state index is 0.207. The van der Waals surface area contributed by atoms with Crippen LogP contribution in [0.15, 0.2) is 48.5 Å². The maximum absolute atomic E-state index is 10.9. The number of carboxylic acids is 1. The molecular weight excluding hydrogens is 386 g/mol. The molecule has 31 heavy (non-hydrogen) atoms. The summed E-state index contributed by atoms with van der Waals surface area (Å²) in [6.07, 6.45) is 8.48. The Bertz CT molecular complexity index is 875. The fourth-order valence-electron chi connectivity index (χ4n) is 5.53. The number of ether oxygens (including phenoxy) is 1. The third kappa shape index (κ3) is 4.95. The van der Waals surface area contributed by atoms with Gasteiger partial charge in [0.25, 0.3) is 0 Å². The minimum atomic E-state index is -0.723. The number of fused-ring (bicyclic) bond motifs is 1. The lowest BCUT2D eigenvalue weighted by molar-refractivity contribution is -0.137. The Morgan fingerprint density at radius 1 is 1.10 bits per heavy atom. The predicted octanol–water partition coefficient (Wildman–Crippen LogP) is 5.78. The van der Waals surface area contributed by atoms with Crippen molar-refractivity contribution in [3.05, 3.63) is 65.2 Å². The normalized spacial score (nSPS) is 19.4. The van der Waals surface area contributed by atoms with Crippen molar-refractivity contribution < 1.29 is 14.6 Å². The zero-order chi connectivity index (χ0) is 21.7. The summed E-state index contributed by atoms with van der Waals surface area (Å²) in [5, 5.41) is 9.00. The topological polar surface area (TPSA) is 49.8 Å². The molecule has 1 saturated carbocycles. The molecule has 0 spiro atoms. The second-order valence-electron chi connectivity index (χ2n) is 9.15. The third-order valence-corrected chi connectivity index (χ3v) is 7.26. The summed E-state index contributed by atoms with van der Waals surface area (Å²) < 4.78 is 6.88. The van der Waals surface area contributed by atoms with Gasteiger partial charge in [0.05, 0.1) is 6.42 Å². The summed E-state index contributed by atoms with van der Waals surface area (Å²) in [6.45, 7) is 4.65. The first kappa shape index (κ1) is 21.9. The van der Waals surface area contributed by atoms with Crippen LogP contribution in [0.5, 0.6) is 5.75 Å². The lowest BCUT2D eigenvalue weighted by Gasteiger charge is -2.43. The van der Waals surface area contributed by atoms with Gasteiger partial charge in [-0.15, -0.1) is 0 Å². The number of carboxylic acid groups (broad SMARTS) is 1. The van der Waals surface area contributed by atoms with Crippen molar-refractivity contribution in [1.82, 2.24) is 4.90 Å². The number of rotatable bonds is 8. The molecule has 1 atom stereocenters. The van der Waals surface area contributed by atoms with E-state index in [1.54, 1.807) is 0 Å². The monoisotopic (exact) mass is 421 g/mol. The number of benzene rings is 2. The highest BCUT2D eigenvalue weighted by molar-refractivity contribution is 5.66. The van der Waals surface area contributed by atoms with E-state index in [9.17, 15) is 4.79 Å². The van der Waals surface area contributed by atoms with Gasteiger partial charge in [0, 0.05) is 25.6 Å². The van der Waals surface area contributed by atoms with Gasteiger partial charge < -0.3 is 9.84 Å².